The minimum atomic E-state index is -0.101. The van der Waals surface area contributed by atoms with Crippen LogP contribution in [0.25, 0.3) is 0 Å². The molecule has 1 aromatic carbocycles. The van der Waals surface area contributed by atoms with Crippen molar-refractivity contribution in [2.24, 2.45) is 11.8 Å². The van der Waals surface area contributed by atoms with E-state index in [0.717, 1.165) is 12.0 Å². The van der Waals surface area contributed by atoms with Gasteiger partial charge in [0.05, 0.1) is 0 Å². The zero-order valence-corrected chi connectivity index (χ0v) is 12.7. The fraction of sp³-hybridized carbons (Fsp3) is 0.562. The largest absolute Gasteiger partial charge is 0.396 e. The van der Waals surface area contributed by atoms with Crippen LogP contribution in [0.4, 0.5) is 4.79 Å². The van der Waals surface area contributed by atoms with Gasteiger partial charge in [-0.1, -0.05) is 44.2 Å². The molecular formula is C16H26N2O2. The van der Waals surface area contributed by atoms with Gasteiger partial charge in [-0.25, -0.2) is 4.79 Å². The Hall–Kier alpha value is -1.55. The van der Waals surface area contributed by atoms with Gasteiger partial charge in [0, 0.05) is 26.7 Å². The molecule has 0 spiro atoms. The molecule has 1 atom stereocenters. The number of rotatable bonds is 7. The quantitative estimate of drug-likeness (QED) is 0.805. The average Bonchev–Trinajstić information content (AvgIpc) is 2.45. The molecule has 0 bridgehead atoms. The second-order valence-corrected chi connectivity index (χ2v) is 5.60. The third kappa shape index (κ3) is 5.61. The number of hydrogen-bond donors (Lipinski definition) is 2. The molecule has 0 aliphatic heterocycles. The molecule has 20 heavy (non-hydrogen) atoms. The summed E-state index contributed by atoms with van der Waals surface area (Å²) in [5.41, 5.74) is 1.09. The molecule has 2 amide bonds. The summed E-state index contributed by atoms with van der Waals surface area (Å²) in [6.45, 7) is 5.51. The summed E-state index contributed by atoms with van der Waals surface area (Å²) in [5.74, 6) is 0.631. The van der Waals surface area contributed by atoms with Crippen molar-refractivity contribution in [1.29, 1.82) is 0 Å². The van der Waals surface area contributed by atoms with E-state index in [1.807, 2.05) is 30.3 Å². The minimum absolute atomic E-state index is 0.101. The summed E-state index contributed by atoms with van der Waals surface area (Å²) in [6, 6.07) is 9.81. The van der Waals surface area contributed by atoms with Crippen molar-refractivity contribution in [3.05, 3.63) is 35.9 Å². The highest BCUT2D eigenvalue weighted by molar-refractivity contribution is 5.73. The van der Waals surface area contributed by atoms with Crippen molar-refractivity contribution in [3.63, 3.8) is 0 Å². The van der Waals surface area contributed by atoms with Gasteiger partial charge < -0.3 is 15.3 Å². The number of amides is 2. The van der Waals surface area contributed by atoms with E-state index < -0.39 is 0 Å². The van der Waals surface area contributed by atoms with E-state index in [-0.39, 0.29) is 18.6 Å². The Balaban J connectivity index is 2.71. The zero-order valence-electron chi connectivity index (χ0n) is 12.7. The summed E-state index contributed by atoms with van der Waals surface area (Å²) >= 11 is 0. The zero-order chi connectivity index (χ0) is 15.0. The minimum Gasteiger partial charge on any atom is -0.396 e. The van der Waals surface area contributed by atoms with E-state index in [1.54, 1.807) is 11.9 Å². The Kier molecular flexibility index (Phi) is 7.09. The first kappa shape index (κ1) is 16.5. The molecule has 0 saturated heterocycles. The SMILES string of the molecule is CNC(=O)N(Cc1ccccc1)CC(CO)CC(C)C. The number of carbonyl (C=O) groups excluding carboxylic acids is 1. The van der Waals surface area contributed by atoms with Crippen molar-refractivity contribution >= 4 is 6.03 Å². The normalized spacial score (nSPS) is 12.2. The lowest BCUT2D eigenvalue weighted by atomic mass is 9.97. The van der Waals surface area contributed by atoms with Crippen molar-refractivity contribution in [2.45, 2.75) is 26.8 Å². The molecule has 1 aromatic rings. The van der Waals surface area contributed by atoms with Crippen LogP contribution in [-0.2, 0) is 6.54 Å². The number of aliphatic hydroxyl groups is 1. The van der Waals surface area contributed by atoms with E-state index >= 15 is 0 Å². The van der Waals surface area contributed by atoms with Gasteiger partial charge in [0.2, 0.25) is 0 Å². The molecule has 0 aromatic heterocycles. The fourth-order valence-electron chi connectivity index (χ4n) is 2.37. The van der Waals surface area contributed by atoms with Crippen LogP contribution < -0.4 is 5.32 Å². The highest BCUT2D eigenvalue weighted by Gasteiger charge is 2.19. The van der Waals surface area contributed by atoms with Crippen molar-refractivity contribution in [1.82, 2.24) is 10.2 Å². The first-order valence-electron chi connectivity index (χ1n) is 7.18. The summed E-state index contributed by atoms with van der Waals surface area (Å²) in [7, 11) is 1.64. The third-order valence-corrected chi connectivity index (χ3v) is 3.26. The first-order chi connectivity index (χ1) is 9.56. The molecule has 0 fully saturated rings. The predicted octanol–water partition coefficient (Wildman–Crippen LogP) is 2.48. The van der Waals surface area contributed by atoms with E-state index in [1.165, 1.54) is 0 Å². The molecular weight excluding hydrogens is 252 g/mol. The van der Waals surface area contributed by atoms with Crippen LogP contribution >= 0.6 is 0 Å². The Morgan fingerprint density at radius 3 is 2.45 bits per heavy atom. The number of aliphatic hydroxyl groups excluding tert-OH is 1. The van der Waals surface area contributed by atoms with Gasteiger partial charge in [0.1, 0.15) is 0 Å². The number of hydrogen-bond acceptors (Lipinski definition) is 2. The third-order valence-electron chi connectivity index (χ3n) is 3.26. The number of nitrogens with zero attached hydrogens (tertiary/aromatic N) is 1. The monoisotopic (exact) mass is 278 g/mol. The molecule has 0 aliphatic carbocycles. The maximum absolute atomic E-state index is 12.0. The van der Waals surface area contributed by atoms with Gasteiger partial charge in [-0.05, 0) is 23.8 Å². The predicted molar refractivity (Wildman–Crippen MR) is 81.3 cm³/mol. The molecule has 0 aliphatic rings. The summed E-state index contributed by atoms with van der Waals surface area (Å²) in [5, 5.41) is 12.2. The lowest BCUT2D eigenvalue weighted by Crippen LogP contribution is -2.41. The number of nitrogens with one attached hydrogen (secondary N) is 1. The second-order valence-electron chi connectivity index (χ2n) is 5.60. The molecule has 112 valence electrons. The molecule has 4 nitrogen and oxygen atoms in total. The van der Waals surface area contributed by atoms with E-state index in [2.05, 4.69) is 19.2 Å². The van der Waals surface area contributed by atoms with Gasteiger partial charge in [-0.3, -0.25) is 0 Å². The smallest absolute Gasteiger partial charge is 0.317 e. The maximum atomic E-state index is 12.0. The van der Waals surface area contributed by atoms with Gasteiger partial charge in [0.25, 0.3) is 0 Å². The van der Waals surface area contributed by atoms with Crippen molar-refractivity contribution in [2.75, 3.05) is 20.2 Å². The molecule has 1 unspecified atom stereocenters. The van der Waals surface area contributed by atoms with Crippen LogP contribution in [0, 0.1) is 11.8 Å². The topological polar surface area (TPSA) is 52.6 Å². The molecule has 0 radical (unpaired) electrons. The van der Waals surface area contributed by atoms with Crippen LogP contribution in [0.5, 0.6) is 0 Å². The molecule has 2 N–H and O–H groups in total. The molecule has 0 heterocycles. The maximum Gasteiger partial charge on any atom is 0.317 e. The number of carbonyl (C=O) groups is 1. The standard InChI is InChI=1S/C16H26N2O2/c1-13(2)9-15(12-19)11-18(16(20)17-3)10-14-7-5-4-6-8-14/h4-8,13,15,19H,9-12H2,1-3H3,(H,17,20). The molecule has 1 rings (SSSR count). The fourth-order valence-corrected chi connectivity index (χ4v) is 2.37. The Bertz CT molecular complexity index is 393. The van der Waals surface area contributed by atoms with Crippen LogP contribution in [0.2, 0.25) is 0 Å². The van der Waals surface area contributed by atoms with Crippen LogP contribution in [0.15, 0.2) is 30.3 Å². The summed E-state index contributed by atoms with van der Waals surface area (Å²) in [6.07, 6.45) is 0.915. The molecule has 0 saturated carbocycles. The lowest BCUT2D eigenvalue weighted by molar-refractivity contribution is 0.147. The highest BCUT2D eigenvalue weighted by atomic mass is 16.3. The van der Waals surface area contributed by atoms with E-state index in [4.69, 9.17) is 0 Å². The van der Waals surface area contributed by atoms with Gasteiger partial charge in [0.15, 0.2) is 0 Å². The highest BCUT2D eigenvalue weighted by Crippen LogP contribution is 2.15. The number of urea groups is 1. The Labute approximate surface area is 121 Å². The summed E-state index contributed by atoms with van der Waals surface area (Å²) in [4.78, 5) is 13.7. The second kappa shape index (κ2) is 8.59. The van der Waals surface area contributed by atoms with E-state index in [9.17, 15) is 9.90 Å². The molecule has 4 heteroatoms. The average molecular weight is 278 g/mol. The van der Waals surface area contributed by atoms with Crippen LogP contribution in [-0.4, -0.2) is 36.2 Å². The van der Waals surface area contributed by atoms with Gasteiger partial charge in [-0.15, -0.1) is 0 Å². The van der Waals surface area contributed by atoms with Gasteiger partial charge >= 0.3 is 6.03 Å². The van der Waals surface area contributed by atoms with Gasteiger partial charge in [-0.2, -0.15) is 0 Å². The van der Waals surface area contributed by atoms with Crippen LogP contribution in [0.3, 0.4) is 0 Å². The summed E-state index contributed by atoms with van der Waals surface area (Å²) < 4.78 is 0. The van der Waals surface area contributed by atoms with Crippen LogP contribution in [0.1, 0.15) is 25.8 Å². The van der Waals surface area contributed by atoms with Crippen molar-refractivity contribution < 1.29 is 9.90 Å². The first-order valence-corrected chi connectivity index (χ1v) is 7.18. The Morgan fingerprint density at radius 2 is 1.95 bits per heavy atom. The van der Waals surface area contributed by atoms with Crippen molar-refractivity contribution in [3.8, 4) is 0 Å². The number of benzene rings is 1. The lowest BCUT2D eigenvalue weighted by Gasteiger charge is -2.27. The Morgan fingerprint density at radius 1 is 1.30 bits per heavy atom. The van der Waals surface area contributed by atoms with E-state index in [0.29, 0.717) is 19.0 Å².